The van der Waals surface area contributed by atoms with E-state index in [4.69, 9.17) is 10.5 Å². The van der Waals surface area contributed by atoms with Gasteiger partial charge in [0.15, 0.2) is 5.69 Å². The van der Waals surface area contributed by atoms with E-state index < -0.39 is 17.2 Å². The summed E-state index contributed by atoms with van der Waals surface area (Å²) in [5.41, 5.74) is 5.21. The van der Waals surface area contributed by atoms with Gasteiger partial charge < -0.3 is 15.4 Å². The van der Waals surface area contributed by atoms with Crippen LogP contribution < -0.4 is 26.6 Å². The van der Waals surface area contributed by atoms with E-state index in [1.54, 1.807) is 19.1 Å². The number of hydrogen-bond acceptors (Lipinski definition) is 6. The summed E-state index contributed by atoms with van der Waals surface area (Å²) < 4.78 is 6.81. The van der Waals surface area contributed by atoms with Crippen LogP contribution in [0.1, 0.15) is 63.2 Å². The Labute approximate surface area is 175 Å². The Hall–Kier alpha value is -3.10. The maximum atomic E-state index is 13.5. The van der Waals surface area contributed by atoms with Crippen molar-refractivity contribution >= 4 is 17.4 Å². The SMILES string of the molecule is CCCCCN(C(=O)c1cccnc1OCC)c1c(N)n(CCCC)c(=O)[nH]c1=O. The second-order valence-corrected chi connectivity index (χ2v) is 6.95. The zero-order valence-electron chi connectivity index (χ0n) is 17.9. The van der Waals surface area contributed by atoms with Crippen LogP contribution in [0, 0.1) is 0 Å². The number of carbonyl (C=O) groups excluding carboxylic acids is 1. The molecule has 0 saturated carbocycles. The van der Waals surface area contributed by atoms with E-state index in [0.717, 1.165) is 25.7 Å². The molecule has 0 atom stereocenters. The molecule has 2 heterocycles. The largest absolute Gasteiger partial charge is 0.477 e. The summed E-state index contributed by atoms with van der Waals surface area (Å²) in [5, 5.41) is 0. The van der Waals surface area contributed by atoms with Crippen molar-refractivity contribution in [1.29, 1.82) is 0 Å². The summed E-state index contributed by atoms with van der Waals surface area (Å²) in [7, 11) is 0. The zero-order valence-corrected chi connectivity index (χ0v) is 17.9. The van der Waals surface area contributed by atoms with Crippen molar-refractivity contribution in [3.05, 3.63) is 44.7 Å². The number of amides is 1. The molecule has 0 aromatic carbocycles. The number of hydrogen-bond donors (Lipinski definition) is 2. The minimum atomic E-state index is -0.683. The van der Waals surface area contributed by atoms with Crippen molar-refractivity contribution < 1.29 is 9.53 Å². The molecule has 0 bridgehead atoms. The normalized spacial score (nSPS) is 10.8. The summed E-state index contributed by atoms with van der Waals surface area (Å²) in [6.45, 7) is 6.83. The van der Waals surface area contributed by atoms with E-state index in [9.17, 15) is 14.4 Å². The van der Waals surface area contributed by atoms with Gasteiger partial charge in [0, 0.05) is 19.3 Å². The summed E-state index contributed by atoms with van der Waals surface area (Å²) in [5.74, 6) is -0.260. The lowest BCUT2D eigenvalue weighted by atomic mass is 10.2. The molecular weight excluding hydrogens is 386 g/mol. The number of nitrogens with zero attached hydrogens (tertiary/aromatic N) is 3. The van der Waals surface area contributed by atoms with Crippen LogP contribution in [-0.2, 0) is 6.54 Å². The van der Waals surface area contributed by atoms with Crippen LogP contribution in [-0.4, -0.2) is 33.6 Å². The van der Waals surface area contributed by atoms with E-state index in [-0.39, 0.29) is 29.5 Å². The number of nitrogens with one attached hydrogen (secondary N) is 1. The number of aromatic amines is 1. The third-order valence-electron chi connectivity index (χ3n) is 4.73. The van der Waals surface area contributed by atoms with Crippen LogP contribution in [0.25, 0.3) is 0 Å². The number of nitrogens with two attached hydrogens (primary N) is 1. The van der Waals surface area contributed by atoms with Crippen LogP contribution in [0.5, 0.6) is 5.88 Å². The Bertz CT molecular complexity index is 967. The molecule has 0 spiro atoms. The number of ether oxygens (including phenoxy) is 1. The van der Waals surface area contributed by atoms with E-state index in [1.165, 1.54) is 15.7 Å². The molecule has 3 N–H and O–H groups in total. The average molecular weight is 418 g/mol. The summed E-state index contributed by atoms with van der Waals surface area (Å²) in [6, 6.07) is 3.24. The predicted molar refractivity (Wildman–Crippen MR) is 117 cm³/mol. The van der Waals surface area contributed by atoms with Crippen molar-refractivity contribution in [1.82, 2.24) is 14.5 Å². The lowest BCUT2D eigenvalue weighted by Gasteiger charge is -2.25. The third kappa shape index (κ3) is 5.28. The standard InChI is InChI=1S/C21H31N5O4/c1-4-7-9-14-25(20(28)15-11-10-12-23-19(15)30-6-3)16-17(22)26(13-8-5-2)21(29)24-18(16)27/h10-12H,4-9,13-14,22H2,1-3H3,(H,24,27,29). The van der Waals surface area contributed by atoms with Crippen molar-refractivity contribution in [2.75, 3.05) is 23.8 Å². The highest BCUT2D eigenvalue weighted by molar-refractivity contribution is 6.08. The van der Waals surface area contributed by atoms with Gasteiger partial charge in [0.1, 0.15) is 11.4 Å². The topological polar surface area (TPSA) is 123 Å². The van der Waals surface area contributed by atoms with E-state index >= 15 is 0 Å². The molecule has 9 nitrogen and oxygen atoms in total. The number of unbranched alkanes of at least 4 members (excludes halogenated alkanes) is 3. The van der Waals surface area contributed by atoms with Gasteiger partial charge in [-0.2, -0.15) is 0 Å². The van der Waals surface area contributed by atoms with Crippen molar-refractivity contribution in [2.45, 2.75) is 59.4 Å². The molecule has 0 aliphatic heterocycles. The fourth-order valence-electron chi connectivity index (χ4n) is 3.16. The maximum absolute atomic E-state index is 13.5. The van der Waals surface area contributed by atoms with Crippen LogP contribution in [0.3, 0.4) is 0 Å². The minimum Gasteiger partial charge on any atom is -0.477 e. The Morgan fingerprint density at radius 3 is 2.60 bits per heavy atom. The first-order valence-corrected chi connectivity index (χ1v) is 10.5. The first-order valence-electron chi connectivity index (χ1n) is 10.5. The van der Waals surface area contributed by atoms with Gasteiger partial charge >= 0.3 is 5.69 Å². The van der Waals surface area contributed by atoms with Gasteiger partial charge in [0.05, 0.1) is 6.61 Å². The highest BCUT2D eigenvalue weighted by Crippen LogP contribution is 2.24. The molecule has 164 valence electrons. The minimum absolute atomic E-state index is 0.0103. The van der Waals surface area contributed by atoms with Gasteiger partial charge in [-0.1, -0.05) is 33.1 Å². The van der Waals surface area contributed by atoms with Crippen molar-refractivity contribution in [2.24, 2.45) is 0 Å². The highest BCUT2D eigenvalue weighted by Gasteiger charge is 2.27. The number of pyridine rings is 1. The van der Waals surface area contributed by atoms with Gasteiger partial charge in [-0.3, -0.25) is 19.1 Å². The lowest BCUT2D eigenvalue weighted by molar-refractivity contribution is 0.0981. The number of aromatic nitrogens is 3. The van der Waals surface area contributed by atoms with E-state index in [1.807, 2.05) is 13.8 Å². The molecule has 1 amide bonds. The van der Waals surface area contributed by atoms with Gasteiger partial charge in [-0.25, -0.2) is 9.78 Å². The van der Waals surface area contributed by atoms with Gasteiger partial charge in [0.2, 0.25) is 5.88 Å². The lowest BCUT2D eigenvalue weighted by Crippen LogP contribution is -2.41. The molecule has 0 fully saturated rings. The van der Waals surface area contributed by atoms with E-state index in [0.29, 0.717) is 19.6 Å². The summed E-state index contributed by atoms with van der Waals surface area (Å²) in [4.78, 5) is 46.2. The second-order valence-electron chi connectivity index (χ2n) is 6.95. The predicted octanol–water partition coefficient (Wildman–Crippen LogP) is 2.55. The molecule has 0 aliphatic carbocycles. The summed E-state index contributed by atoms with van der Waals surface area (Å²) >= 11 is 0. The van der Waals surface area contributed by atoms with Gasteiger partial charge in [-0.15, -0.1) is 0 Å². The maximum Gasteiger partial charge on any atom is 0.330 e. The molecule has 0 saturated heterocycles. The molecular formula is C21H31N5O4. The molecule has 30 heavy (non-hydrogen) atoms. The quantitative estimate of drug-likeness (QED) is 0.542. The Kier molecular flexibility index (Phi) is 8.64. The van der Waals surface area contributed by atoms with Gasteiger partial charge in [0.25, 0.3) is 11.5 Å². The fraction of sp³-hybridized carbons (Fsp3) is 0.524. The van der Waals surface area contributed by atoms with Crippen LogP contribution in [0.4, 0.5) is 11.5 Å². The smallest absolute Gasteiger partial charge is 0.330 e. The molecule has 0 radical (unpaired) electrons. The molecule has 2 rings (SSSR count). The molecule has 0 aliphatic rings. The number of anilines is 2. The molecule has 2 aromatic rings. The Morgan fingerprint density at radius 2 is 1.93 bits per heavy atom. The Balaban J connectivity index is 2.59. The number of H-pyrrole nitrogens is 1. The number of rotatable bonds is 11. The second kappa shape index (κ2) is 11.2. The van der Waals surface area contributed by atoms with E-state index in [2.05, 4.69) is 9.97 Å². The summed E-state index contributed by atoms with van der Waals surface area (Å²) in [6.07, 6.45) is 5.61. The monoisotopic (exact) mass is 417 g/mol. The Morgan fingerprint density at radius 1 is 1.20 bits per heavy atom. The molecule has 9 heteroatoms. The first kappa shape index (κ1) is 23.2. The van der Waals surface area contributed by atoms with Crippen LogP contribution in [0.15, 0.2) is 27.9 Å². The highest BCUT2D eigenvalue weighted by atomic mass is 16.5. The molecule has 0 unspecified atom stereocenters. The van der Waals surface area contributed by atoms with Crippen molar-refractivity contribution in [3.63, 3.8) is 0 Å². The molecule has 2 aromatic heterocycles. The number of carbonyl (C=O) groups is 1. The fourth-order valence-corrected chi connectivity index (χ4v) is 3.16. The van der Waals surface area contributed by atoms with Gasteiger partial charge in [-0.05, 0) is 31.9 Å². The third-order valence-corrected chi connectivity index (χ3v) is 4.73. The van der Waals surface area contributed by atoms with Crippen LogP contribution in [0.2, 0.25) is 0 Å². The van der Waals surface area contributed by atoms with Crippen molar-refractivity contribution in [3.8, 4) is 5.88 Å². The zero-order chi connectivity index (χ0) is 22.1. The number of nitrogen functional groups attached to an aromatic ring is 1. The van der Waals surface area contributed by atoms with Crippen LogP contribution >= 0.6 is 0 Å². The average Bonchev–Trinajstić information content (AvgIpc) is 2.72. The first-order chi connectivity index (χ1) is 14.5.